The Morgan fingerprint density at radius 1 is 1.40 bits per heavy atom. The summed E-state index contributed by atoms with van der Waals surface area (Å²) >= 11 is 5.03. The molecule has 1 aromatic rings. The van der Waals surface area contributed by atoms with E-state index in [1.54, 1.807) is 0 Å². The summed E-state index contributed by atoms with van der Waals surface area (Å²) in [7, 11) is 4.35. The highest BCUT2D eigenvalue weighted by Crippen LogP contribution is 2.23. The van der Waals surface area contributed by atoms with Gasteiger partial charge in [0.2, 0.25) is 0 Å². The number of nitrogens with zero attached hydrogens (tertiary/aromatic N) is 2. The predicted molar refractivity (Wildman–Crippen MR) is 89.0 cm³/mol. The lowest BCUT2D eigenvalue weighted by molar-refractivity contribution is 0.250. The quantitative estimate of drug-likeness (QED) is 0.860. The van der Waals surface area contributed by atoms with Crippen molar-refractivity contribution >= 4 is 17.2 Å². The number of likely N-dealkylation sites (tertiary alicyclic amines) is 1. The maximum atomic E-state index is 5.68. The molecule has 0 bridgehead atoms. The van der Waals surface area contributed by atoms with Crippen LogP contribution in [0.3, 0.4) is 0 Å². The van der Waals surface area contributed by atoms with Gasteiger partial charge in [0, 0.05) is 31.2 Å². The van der Waals surface area contributed by atoms with E-state index in [0.717, 1.165) is 24.6 Å². The number of hydrogen-bond donors (Lipinski definition) is 1. The summed E-state index contributed by atoms with van der Waals surface area (Å²) in [4.78, 5) is 5.35. The van der Waals surface area contributed by atoms with E-state index in [1.165, 1.54) is 17.7 Å². The molecular weight excluding hydrogens is 266 g/mol. The van der Waals surface area contributed by atoms with Crippen molar-refractivity contribution in [3.05, 3.63) is 34.9 Å². The molecule has 4 heteroatoms. The van der Waals surface area contributed by atoms with E-state index in [2.05, 4.69) is 49.9 Å². The Morgan fingerprint density at radius 2 is 2.10 bits per heavy atom. The van der Waals surface area contributed by atoms with E-state index in [-0.39, 0.29) is 0 Å². The molecule has 3 nitrogen and oxygen atoms in total. The molecule has 0 saturated carbocycles. The minimum atomic E-state index is 0.474. The van der Waals surface area contributed by atoms with E-state index in [9.17, 15) is 0 Å². The molecule has 2 N–H and O–H groups in total. The number of benzene rings is 1. The van der Waals surface area contributed by atoms with Gasteiger partial charge in [0.25, 0.3) is 0 Å². The molecule has 0 aliphatic carbocycles. The lowest BCUT2D eigenvalue weighted by atomic mass is 10.0. The average Bonchev–Trinajstić information content (AvgIpc) is 2.73. The van der Waals surface area contributed by atoms with E-state index in [1.807, 2.05) is 6.07 Å². The first-order chi connectivity index (χ1) is 9.38. The molecule has 1 fully saturated rings. The lowest BCUT2D eigenvalue weighted by Crippen LogP contribution is -2.34. The van der Waals surface area contributed by atoms with Crippen molar-refractivity contribution in [2.75, 3.05) is 27.2 Å². The zero-order valence-corrected chi connectivity index (χ0v) is 13.7. The largest absolute Gasteiger partial charge is 0.389 e. The maximum Gasteiger partial charge on any atom is 0.103 e. The van der Waals surface area contributed by atoms with Crippen LogP contribution < -0.4 is 5.73 Å². The number of likely N-dealkylation sites (N-methyl/N-ethyl adjacent to an activating group) is 1. The van der Waals surface area contributed by atoms with Crippen molar-refractivity contribution in [1.29, 1.82) is 0 Å². The van der Waals surface area contributed by atoms with Gasteiger partial charge >= 0.3 is 0 Å². The molecule has 1 saturated heterocycles. The van der Waals surface area contributed by atoms with Gasteiger partial charge in [-0.3, -0.25) is 4.90 Å². The molecule has 1 heterocycles. The highest BCUT2D eigenvalue weighted by molar-refractivity contribution is 7.80. The molecule has 0 spiro atoms. The van der Waals surface area contributed by atoms with Crippen molar-refractivity contribution in [1.82, 2.24) is 9.80 Å². The Bertz CT molecular complexity index is 498. The minimum absolute atomic E-state index is 0.474. The molecule has 0 radical (unpaired) electrons. The summed E-state index contributed by atoms with van der Waals surface area (Å²) in [5.41, 5.74) is 9.29. The Morgan fingerprint density at radius 3 is 2.60 bits per heavy atom. The fraction of sp³-hybridized carbons (Fsp3) is 0.562. The highest BCUT2D eigenvalue weighted by atomic mass is 32.1. The van der Waals surface area contributed by atoms with Crippen LogP contribution in [0.5, 0.6) is 0 Å². The average molecular weight is 291 g/mol. The van der Waals surface area contributed by atoms with Crippen LogP contribution in [0.4, 0.5) is 0 Å². The standard InChI is InChI=1S/C16H25N3S/c1-11-7-13(16(17)20)5-6-14(11)9-19-8-12(2)15(10-19)18(3)4/h5-7,12,15H,8-10H2,1-4H3,(H2,17,20). The Balaban J connectivity index is 2.06. The molecule has 110 valence electrons. The summed E-state index contributed by atoms with van der Waals surface area (Å²) in [5.74, 6) is 0.723. The number of nitrogens with two attached hydrogens (primary N) is 1. The van der Waals surface area contributed by atoms with Gasteiger partial charge in [-0.05, 0) is 44.1 Å². The second-order valence-electron chi connectivity index (χ2n) is 6.21. The number of thiocarbonyl (C=S) groups is 1. The van der Waals surface area contributed by atoms with Crippen molar-refractivity contribution in [3.63, 3.8) is 0 Å². The number of hydrogen-bond acceptors (Lipinski definition) is 3. The summed E-state index contributed by atoms with van der Waals surface area (Å²) < 4.78 is 0. The van der Waals surface area contributed by atoms with Crippen LogP contribution in [-0.4, -0.2) is 48.0 Å². The molecule has 2 unspecified atom stereocenters. The second-order valence-corrected chi connectivity index (χ2v) is 6.65. The zero-order valence-electron chi connectivity index (χ0n) is 12.9. The van der Waals surface area contributed by atoms with Crippen LogP contribution in [0.15, 0.2) is 18.2 Å². The summed E-state index contributed by atoms with van der Waals surface area (Å²) in [5, 5.41) is 0. The first-order valence-electron chi connectivity index (χ1n) is 7.16. The van der Waals surface area contributed by atoms with Gasteiger partial charge < -0.3 is 10.6 Å². The fourth-order valence-corrected chi connectivity index (χ4v) is 3.24. The van der Waals surface area contributed by atoms with Gasteiger partial charge in [0.15, 0.2) is 0 Å². The SMILES string of the molecule is Cc1cc(C(N)=S)ccc1CN1CC(C)C(N(C)C)C1. The van der Waals surface area contributed by atoms with Gasteiger partial charge in [0.1, 0.15) is 4.99 Å². The van der Waals surface area contributed by atoms with Crippen LogP contribution in [0.1, 0.15) is 23.6 Å². The first kappa shape index (κ1) is 15.4. The van der Waals surface area contributed by atoms with Crippen LogP contribution in [0.2, 0.25) is 0 Å². The van der Waals surface area contributed by atoms with E-state index in [0.29, 0.717) is 11.0 Å². The summed E-state index contributed by atoms with van der Waals surface area (Å²) in [6.45, 7) is 7.80. The normalized spacial score (nSPS) is 23.4. The number of aryl methyl sites for hydroxylation is 1. The predicted octanol–water partition coefficient (Wildman–Crippen LogP) is 2.01. The fourth-order valence-electron chi connectivity index (χ4n) is 3.12. The van der Waals surface area contributed by atoms with Gasteiger partial charge in [-0.15, -0.1) is 0 Å². The number of rotatable bonds is 4. The highest BCUT2D eigenvalue weighted by Gasteiger charge is 2.30. The Labute approximate surface area is 127 Å². The maximum absolute atomic E-state index is 5.68. The molecule has 2 rings (SSSR count). The Kier molecular flexibility index (Phi) is 4.78. The van der Waals surface area contributed by atoms with Crippen molar-refractivity contribution in [3.8, 4) is 0 Å². The Hall–Kier alpha value is -0.970. The molecule has 1 aliphatic rings. The third-order valence-electron chi connectivity index (χ3n) is 4.33. The van der Waals surface area contributed by atoms with Gasteiger partial charge in [-0.25, -0.2) is 0 Å². The van der Waals surface area contributed by atoms with Crippen molar-refractivity contribution in [2.24, 2.45) is 11.7 Å². The van der Waals surface area contributed by atoms with Crippen LogP contribution >= 0.6 is 12.2 Å². The lowest BCUT2D eigenvalue weighted by Gasteiger charge is -2.22. The van der Waals surface area contributed by atoms with E-state index >= 15 is 0 Å². The molecule has 1 aromatic carbocycles. The third kappa shape index (κ3) is 3.37. The third-order valence-corrected chi connectivity index (χ3v) is 4.57. The molecular formula is C16H25N3S. The first-order valence-corrected chi connectivity index (χ1v) is 7.57. The minimum Gasteiger partial charge on any atom is -0.389 e. The van der Waals surface area contributed by atoms with Gasteiger partial charge in [0.05, 0.1) is 0 Å². The molecule has 0 aromatic heterocycles. The van der Waals surface area contributed by atoms with Crippen molar-refractivity contribution < 1.29 is 0 Å². The molecule has 20 heavy (non-hydrogen) atoms. The zero-order chi connectivity index (χ0) is 14.9. The van der Waals surface area contributed by atoms with Crippen LogP contribution in [-0.2, 0) is 6.54 Å². The molecule has 2 atom stereocenters. The second kappa shape index (κ2) is 6.20. The van der Waals surface area contributed by atoms with Gasteiger partial charge in [-0.1, -0.05) is 31.3 Å². The molecule has 1 aliphatic heterocycles. The topological polar surface area (TPSA) is 32.5 Å². The van der Waals surface area contributed by atoms with E-state index in [4.69, 9.17) is 18.0 Å². The smallest absolute Gasteiger partial charge is 0.103 e. The van der Waals surface area contributed by atoms with Crippen LogP contribution in [0.25, 0.3) is 0 Å². The summed E-state index contributed by atoms with van der Waals surface area (Å²) in [6, 6.07) is 6.96. The van der Waals surface area contributed by atoms with Gasteiger partial charge in [-0.2, -0.15) is 0 Å². The van der Waals surface area contributed by atoms with Crippen LogP contribution in [0, 0.1) is 12.8 Å². The summed E-state index contributed by atoms with van der Waals surface area (Å²) in [6.07, 6.45) is 0. The van der Waals surface area contributed by atoms with Crippen molar-refractivity contribution in [2.45, 2.75) is 26.4 Å². The van der Waals surface area contributed by atoms with E-state index < -0.39 is 0 Å². The molecule has 0 amide bonds. The monoisotopic (exact) mass is 291 g/mol.